The van der Waals surface area contributed by atoms with Crippen LogP contribution in [-0.2, 0) is 0 Å². The first kappa shape index (κ1) is 19.8. The van der Waals surface area contributed by atoms with Gasteiger partial charge in [0.25, 0.3) is 5.24 Å². The van der Waals surface area contributed by atoms with E-state index in [1.165, 1.54) is 0 Å². The van der Waals surface area contributed by atoms with Crippen LogP contribution in [0.25, 0.3) is 17.0 Å². The van der Waals surface area contributed by atoms with Gasteiger partial charge in [-0.05, 0) is 23.9 Å². The van der Waals surface area contributed by atoms with Gasteiger partial charge in [-0.15, -0.1) is 0 Å². The number of methoxy groups -OCH3 is 3. The molecule has 7 nitrogen and oxygen atoms in total. The lowest BCUT2D eigenvalue weighted by Gasteiger charge is -2.12. The number of ether oxygens (including phenoxy) is 3. The molecular weight excluding hydrogens is 402 g/mol. The van der Waals surface area contributed by atoms with Crippen molar-refractivity contribution in [1.29, 1.82) is 0 Å². The van der Waals surface area contributed by atoms with Crippen LogP contribution in [0.3, 0.4) is 0 Å². The third kappa shape index (κ3) is 3.81. The molecule has 2 heterocycles. The van der Waals surface area contributed by atoms with E-state index in [0.717, 1.165) is 28.2 Å². The minimum atomic E-state index is -0.194. The molecule has 1 amide bonds. The van der Waals surface area contributed by atoms with Crippen molar-refractivity contribution in [3.8, 4) is 17.2 Å². The Hall–Kier alpha value is -3.52. The number of carbonyl (C=O) groups is 1. The molecule has 0 aliphatic carbocycles. The van der Waals surface area contributed by atoms with Crippen LogP contribution in [0.5, 0.6) is 17.2 Å². The molecule has 152 valence electrons. The van der Waals surface area contributed by atoms with Gasteiger partial charge in [-0.25, -0.2) is 4.99 Å². The van der Waals surface area contributed by atoms with Crippen molar-refractivity contribution in [2.75, 3.05) is 21.3 Å². The first-order valence-electron chi connectivity index (χ1n) is 9.06. The van der Waals surface area contributed by atoms with Gasteiger partial charge in [-0.2, -0.15) is 0 Å². The highest BCUT2D eigenvalue weighted by molar-refractivity contribution is 8.18. The number of benzene rings is 2. The molecule has 0 bridgehead atoms. The molecule has 0 unspecified atom stereocenters. The lowest BCUT2D eigenvalue weighted by molar-refractivity contribution is 0.265. The highest BCUT2D eigenvalue weighted by atomic mass is 32.2. The number of thioether (sulfide) groups is 1. The third-order valence-electron chi connectivity index (χ3n) is 4.50. The molecule has 1 fully saturated rings. The van der Waals surface area contributed by atoms with E-state index in [9.17, 15) is 4.79 Å². The SMILES string of the molecule is COc1cc(N=C2NC(=O)SC2=Cc2cccc3cccnc23)cc(OC)c1OC. The summed E-state index contributed by atoms with van der Waals surface area (Å²) in [6.07, 6.45) is 3.66. The number of pyridine rings is 1. The van der Waals surface area contributed by atoms with Gasteiger partial charge in [-0.1, -0.05) is 24.3 Å². The second-order valence-corrected chi connectivity index (χ2v) is 7.30. The largest absolute Gasteiger partial charge is 0.493 e. The number of rotatable bonds is 5. The Morgan fingerprint density at radius 1 is 1.03 bits per heavy atom. The summed E-state index contributed by atoms with van der Waals surface area (Å²) in [6.45, 7) is 0. The summed E-state index contributed by atoms with van der Waals surface area (Å²) in [6, 6.07) is 13.3. The maximum atomic E-state index is 12.1. The molecule has 0 atom stereocenters. The van der Waals surface area contributed by atoms with E-state index in [1.807, 2.05) is 36.4 Å². The Labute approximate surface area is 177 Å². The van der Waals surface area contributed by atoms with Crippen molar-refractivity contribution in [3.05, 3.63) is 59.1 Å². The van der Waals surface area contributed by atoms with Crippen molar-refractivity contribution in [2.24, 2.45) is 4.99 Å². The third-order valence-corrected chi connectivity index (χ3v) is 5.32. The van der Waals surface area contributed by atoms with E-state index in [4.69, 9.17) is 14.2 Å². The van der Waals surface area contributed by atoms with Gasteiger partial charge in [0.1, 0.15) is 5.84 Å². The molecule has 1 N–H and O–H groups in total. The van der Waals surface area contributed by atoms with Gasteiger partial charge in [0.2, 0.25) is 5.75 Å². The highest BCUT2D eigenvalue weighted by Crippen LogP contribution is 2.41. The Morgan fingerprint density at radius 2 is 1.77 bits per heavy atom. The molecule has 8 heteroatoms. The molecular formula is C22H19N3O4S. The standard InChI is InChI=1S/C22H19N3O4S/c1-27-16-11-15(12-17(28-2)20(16)29-3)24-21-18(30-22(26)25-21)10-14-7-4-6-13-8-5-9-23-19(13)14/h4-12H,1-3H3,(H,24,25,26). The van der Waals surface area contributed by atoms with Crippen molar-refractivity contribution in [2.45, 2.75) is 0 Å². The predicted octanol–water partition coefficient (Wildman–Crippen LogP) is 4.79. The van der Waals surface area contributed by atoms with Crippen LogP contribution in [0.15, 0.2) is 58.6 Å². The van der Waals surface area contributed by atoms with E-state index in [1.54, 1.807) is 39.7 Å². The molecule has 3 aromatic rings. The molecule has 1 aliphatic rings. The molecule has 1 aliphatic heterocycles. The first-order valence-corrected chi connectivity index (χ1v) is 9.88. The van der Waals surface area contributed by atoms with E-state index >= 15 is 0 Å². The number of aliphatic imine (C=N–C) groups is 1. The summed E-state index contributed by atoms with van der Waals surface area (Å²) >= 11 is 1.09. The van der Waals surface area contributed by atoms with Crippen LogP contribution in [0.1, 0.15) is 5.56 Å². The van der Waals surface area contributed by atoms with E-state index in [-0.39, 0.29) is 5.24 Å². The van der Waals surface area contributed by atoms with Gasteiger partial charge in [0.15, 0.2) is 11.5 Å². The number of aromatic nitrogens is 1. The molecule has 0 spiro atoms. The van der Waals surface area contributed by atoms with Crippen molar-refractivity contribution >= 4 is 45.5 Å². The lowest BCUT2D eigenvalue weighted by atomic mass is 10.1. The number of nitrogens with one attached hydrogen (secondary N) is 1. The van der Waals surface area contributed by atoms with Gasteiger partial charge in [0, 0.05) is 29.3 Å². The average molecular weight is 421 g/mol. The molecule has 0 saturated carbocycles. The molecule has 2 aromatic carbocycles. The number of hydrogen-bond donors (Lipinski definition) is 1. The summed E-state index contributed by atoms with van der Waals surface area (Å²) in [7, 11) is 4.62. The van der Waals surface area contributed by atoms with Crippen molar-refractivity contribution in [3.63, 3.8) is 0 Å². The number of nitrogens with zero attached hydrogens (tertiary/aromatic N) is 2. The summed E-state index contributed by atoms with van der Waals surface area (Å²) in [4.78, 5) is 21.9. The van der Waals surface area contributed by atoms with Crippen LogP contribution in [0.4, 0.5) is 10.5 Å². The number of amides is 1. The molecule has 4 rings (SSSR count). The number of fused-ring (bicyclic) bond motifs is 1. The second-order valence-electron chi connectivity index (χ2n) is 6.29. The van der Waals surface area contributed by atoms with E-state index < -0.39 is 0 Å². The van der Waals surface area contributed by atoms with Crippen molar-refractivity contribution in [1.82, 2.24) is 10.3 Å². The Morgan fingerprint density at radius 3 is 2.47 bits per heavy atom. The van der Waals surface area contributed by atoms with Crippen LogP contribution < -0.4 is 19.5 Å². The second kappa shape index (κ2) is 8.46. The Kier molecular flexibility index (Phi) is 5.58. The molecule has 1 saturated heterocycles. The van der Waals surface area contributed by atoms with Gasteiger partial charge in [0.05, 0.1) is 37.4 Å². The highest BCUT2D eigenvalue weighted by Gasteiger charge is 2.24. The van der Waals surface area contributed by atoms with E-state index in [2.05, 4.69) is 15.3 Å². The maximum absolute atomic E-state index is 12.1. The predicted molar refractivity (Wildman–Crippen MR) is 119 cm³/mol. The maximum Gasteiger partial charge on any atom is 0.289 e. The Balaban J connectivity index is 1.79. The fraction of sp³-hybridized carbons (Fsp3) is 0.136. The monoisotopic (exact) mass is 421 g/mol. The summed E-state index contributed by atoms with van der Waals surface area (Å²) in [5.74, 6) is 1.90. The number of carbonyl (C=O) groups excluding carboxylic acids is 1. The zero-order valence-corrected chi connectivity index (χ0v) is 17.4. The fourth-order valence-corrected chi connectivity index (χ4v) is 3.89. The van der Waals surface area contributed by atoms with Crippen molar-refractivity contribution < 1.29 is 19.0 Å². The average Bonchev–Trinajstić information content (AvgIpc) is 3.11. The quantitative estimate of drug-likeness (QED) is 0.638. The Bertz CT molecular complexity index is 1160. The zero-order valence-electron chi connectivity index (χ0n) is 16.6. The fourth-order valence-electron chi connectivity index (χ4n) is 3.16. The van der Waals surface area contributed by atoms with Gasteiger partial charge >= 0.3 is 0 Å². The normalized spacial score (nSPS) is 16.2. The molecule has 0 radical (unpaired) electrons. The van der Waals surface area contributed by atoms with Crippen LogP contribution >= 0.6 is 11.8 Å². The van der Waals surface area contributed by atoms with Crippen LogP contribution in [0, 0.1) is 0 Å². The molecule has 30 heavy (non-hydrogen) atoms. The zero-order chi connectivity index (χ0) is 21.1. The van der Waals surface area contributed by atoms with E-state index in [0.29, 0.717) is 33.7 Å². The van der Waals surface area contributed by atoms with Gasteiger partial charge < -0.3 is 19.5 Å². The topological polar surface area (TPSA) is 82.0 Å². The molecule has 1 aromatic heterocycles. The minimum absolute atomic E-state index is 0.194. The summed E-state index contributed by atoms with van der Waals surface area (Å²) in [5.41, 5.74) is 2.33. The van der Waals surface area contributed by atoms with Crippen LogP contribution in [0.2, 0.25) is 0 Å². The smallest absolute Gasteiger partial charge is 0.289 e. The first-order chi connectivity index (χ1) is 14.6. The lowest BCUT2D eigenvalue weighted by Crippen LogP contribution is -2.18. The summed E-state index contributed by atoms with van der Waals surface area (Å²) < 4.78 is 16.1. The van der Waals surface area contributed by atoms with Crippen LogP contribution in [-0.4, -0.2) is 37.4 Å². The van der Waals surface area contributed by atoms with Gasteiger partial charge in [-0.3, -0.25) is 9.78 Å². The summed E-state index contributed by atoms with van der Waals surface area (Å²) in [5, 5.41) is 3.63. The minimum Gasteiger partial charge on any atom is -0.493 e. The number of para-hydroxylation sites is 1. The number of hydrogen-bond acceptors (Lipinski definition) is 7. The number of amidine groups is 1.